The molecule has 9 heteroatoms. The van der Waals surface area contributed by atoms with E-state index >= 15 is 0 Å². The lowest BCUT2D eigenvalue weighted by molar-refractivity contribution is -0.113. The van der Waals surface area contributed by atoms with Crippen LogP contribution in [0.15, 0.2) is 5.16 Å². The molecule has 2 aromatic heterocycles. The highest BCUT2D eigenvalue weighted by molar-refractivity contribution is 7.99. The van der Waals surface area contributed by atoms with Crippen LogP contribution in [0, 0.1) is 22.7 Å². The predicted octanol–water partition coefficient (Wildman–Crippen LogP) is 4.07. The Bertz CT molecular complexity index is 998. The number of thioether (sulfide) groups is 1. The van der Waals surface area contributed by atoms with Crippen molar-refractivity contribution < 1.29 is 4.79 Å². The number of nitrogens with zero attached hydrogens (tertiary/aromatic N) is 4. The predicted molar refractivity (Wildman–Crippen MR) is 120 cm³/mol. The van der Waals surface area contributed by atoms with Crippen LogP contribution in [0.4, 0.5) is 5.00 Å². The molecule has 1 amide bonds. The third kappa shape index (κ3) is 4.08. The van der Waals surface area contributed by atoms with Gasteiger partial charge in [0.25, 0.3) is 0 Å². The van der Waals surface area contributed by atoms with Gasteiger partial charge in [0.2, 0.25) is 11.1 Å². The Morgan fingerprint density at radius 1 is 1.40 bits per heavy atom. The summed E-state index contributed by atoms with van der Waals surface area (Å²) in [7, 11) is 0. The van der Waals surface area contributed by atoms with Gasteiger partial charge in [-0.1, -0.05) is 39.0 Å². The summed E-state index contributed by atoms with van der Waals surface area (Å²) in [5.41, 5.74) is 2.05. The van der Waals surface area contributed by atoms with Crippen molar-refractivity contribution in [3.8, 4) is 6.07 Å². The Morgan fingerprint density at radius 3 is 2.83 bits per heavy atom. The van der Waals surface area contributed by atoms with Crippen molar-refractivity contribution in [3.05, 3.63) is 21.8 Å². The van der Waals surface area contributed by atoms with E-state index in [9.17, 15) is 10.1 Å². The number of nitrogens with one attached hydrogen (secondary N) is 1. The first-order valence-electron chi connectivity index (χ1n) is 10.5. The van der Waals surface area contributed by atoms with E-state index in [2.05, 4.69) is 42.4 Å². The van der Waals surface area contributed by atoms with Crippen molar-refractivity contribution in [1.82, 2.24) is 14.9 Å². The maximum Gasteiger partial charge on any atom is 0.235 e. The molecule has 4 rings (SSSR count). The number of carbonyl (C=O) groups excluding carboxylic acids is 1. The number of amides is 1. The molecule has 1 saturated carbocycles. The number of rotatable bonds is 7. The SMILES string of the molecule is CCC(C)(C)C1CCc2c(sc(NC(=O)CSc3nnc(C4CC4)n3N)c2C#N)C1. The minimum atomic E-state index is -0.156. The summed E-state index contributed by atoms with van der Waals surface area (Å²) in [4.78, 5) is 13.8. The lowest BCUT2D eigenvalue weighted by Crippen LogP contribution is -2.28. The maximum atomic E-state index is 12.6. The fraction of sp³-hybridized carbons (Fsp3) is 0.619. The number of aromatic nitrogens is 3. The maximum absolute atomic E-state index is 12.6. The van der Waals surface area contributed by atoms with Crippen LogP contribution in [0.5, 0.6) is 0 Å². The Labute approximate surface area is 185 Å². The zero-order valence-electron chi connectivity index (χ0n) is 17.7. The van der Waals surface area contributed by atoms with Gasteiger partial charge in [-0.2, -0.15) is 5.26 Å². The molecule has 0 saturated heterocycles. The molecule has 0 bridgehead atoms. The number of hydrogen-bond donors (Lipinski definition) is 2. The van der Waals surface area contributed by atoms with E-state index < -0.39 is 0 Å². The van der Waals surface area contributed by atoms with Crippen molar-refractivity contribution in [3.63, 3.8) is 0 Å². The lowest BCUT2D eigenvalue weighted by atomic mass is 9.69. The summed E-state index contributed by atoms with van der Waals surface area (Å²) < 4.78 is 1.50. The average molecular weight is 445 g/mol. The monoisotopic (exact) mass is 444 g/mol. The summed E-state index contributed by atoms with van der Waals surface area (Å²) in [6.45, 7) is 6.89. The fourth-order valence-electron chi connectivity index (χ4n) is 4.05. The van der Waals surface area contributed by atoms with Gasteiger partial charge in [0.15, 0.2) is 5.82 Å². The Balaban J connectivity index is 1.42. The van der Waals surface area contributed by atoms with Crippen LogP contribution in [-0.2, 0) is 17.6 Å². The average Bonchev–Trinajstić information content (AvgIpc) is 3.41. The minimum absolute atomic E-state index is 0.156. The molecule has 0 radical (unpaired) electrons. The van der Waals surface area contributed by atoms with Crippen LogP contribution >= 0.6 is 23.1 Å². The van der Waals surface area contributed by atoms with Crippen LogP contribution in [0.25, 0.3) is 0 Å². The molecule has 2 aliphatic rings. The summed E-state index contributed by atoms with van der Waals surface area (Å²) in [6, 6.07) is 2.32. The quantitative estimate of drug-likeness (QED) is 0.492. The van der Waals surface area contributed by atoms with Crippen molar-refractivity contribution in [2.45, 2.75) is 70.4 Å². The van der Waals surface area contributed by atoms with Gasteiger partial charge in [0, 0.05) is 10.8 Å². The summed E-state index contributed by atoms with van der Waals surface area (Å²) in [5, 5.41) is 22.1. The van der Waals surface area contributed by atoms with E-state index in [0.717, 1.165) is 49.9 Å². The van der Waals surface area contributed by atoms with Crippen molar-refractivity contribution in [2.75, 3.05) is 16.9 Å². The molecule has 160 valence electrons. The first kappa shape index (κ1) is 21.2. The molecular formula is C21H28N6OS2. The van der Waals surface area contributed by atoms with Gasteiger partial charge < -0.3 is 11.2 Å². The smallest absolute Gasteiger partial charge is 0.235 e. The van der Waals surface area contributed by atoms with Gasteiger partial charge in [-0.05, 0) is 49.0 Å². The first-order valence-corrected chi connectivity index (χ1v) is 12.3. The third-order valence-corrected chi connectivity index (χ3v) is 8.73. The molecule has 0 aromatic carbocycles. The molecule has 2 aliphatic carbocycles. The van der Waals surface area contributed by atoms with Crippen LogP contribution in [-0.4, -0.2) is 26.5 Å². The molecule has 2 heterocycles. The molecule has 30 heavy (non-hydrogen) atoms. The molecule has 2 aromatic rings. The van der Waals surface area contributed by atoms with Crippen molar-refractivity contribution >= 4 is 34.0 Å². The second kappa shape index (κ2) is 8.23. The summed E-state index contributed by atoms with van der Waals surface area (Å²) in [6.07, 6.45) is 6.32. The Hall–Kier alpha value is -2.05. The van der Waals surface area contributed by atoms with Gasteiger partial charge in [-0.3, -0.25) is 4.79 Å². The zero-order chi connectivity index (χ0) is 21.5. The minimum Gasteiger partial charge on any atom is -0.336 e. The molecule has 1 atom stereocenters. The van der Waals surface area contributed by atoms with E-state index in [-0.39, 0.29) is 17.1 Å². The number of nitrogen functional groups attached to an aromatic ring is 1. The highest BCUT2D eigenvalue weighted by Gasteiger charge is 2.34. The van der Waals surface area contributed by atoms with Crippen LogP contribution in [0.2, 0.25) is 0 Å². The number of anilines is 1. The van der Waals surface area contributed by atoms with Gasteiger partial charge in [0.05, 0.1) is 11.3 Å². The largest absolute Gasteiger partial charge is 0.336 e. The fourth-order valence-corrected chi connectivity index (χ4v) is 6.00. The van der Waals surface area contributed by atoms with Crippen molar-refractivity contribution in [1.29, 1.82) is 5.26 Å². The number of thiophene rings is 1. The van der Waals surface area contributed by atoms with Gasteiger partial charge in [0.1, 0.15) is 11.1 Å². The number of carbonyl (C=O) groups is 1. The number of nitrogens with two attached hydrogens (primary N) is 1. The van der Waals surface area contributed by atoms with E-state index in [1.54, 1.807) is 11.3 Å². The molecular weight excluding hydrogens is 416 g/mol. The normalized spacial score (nSPS) is 18.7. The lowest BCUT2D eigenvalue weighted by Gasteiger charge is -2.36. The van der Waals surface area contributed by atoms with E-state index in [1.165, 1.54) is 21.3 Å². The molecule has 7 nitrogen and oxygen atoms in total. The second-order valence-corrected chi connectivity index (χ2v) is 11.0. The zero-order valence-corrected chi connectivity index (χ0v) is 19.3. The van der Waals surface area contributed by atoms with Crippen LogP contribution < -0.4 is 11.2 Å². The molecule has 3 N–H and O–H groups in total. The van der Waals surface area contributed by atoms with E-state index in [4.69, 9.17) is 5.84 Å². The first-order chi connectivity index (χ1) is 14.3. The van der Waals surface area contributed by atoms with E-state index in [0.29, 0.717) is 27.6 Å². The van der Waals surface area contributed by atoms with Crippen molar-refractivity contribution in [2.24, 2.45) is 11.3 Å². The van der Waals surface area contributed by atoms with Crippen LogP contribution in [0.1, 0.15) is 74.2 Å². The highest BCUT2D eigenvalue weighted by Crippen LogP contribution is 2.45. The number of fused-ring (bicyclic) bond motifs is 1. The molecule has 0 spiro atoms. The second-order valence-electron chi connectivity index (χ2n) is 8.92. The topological polar surface area (TPSA) is 110 Å². The Morgan fingerprint density at radius 2 is 2.17 bits per heavy atom. The van der Waals surface area contributed by atoms with E-state index in [1.807, 2.05) is 0 Å². The number of nitriles is 1. The number of hydrogen-bond acceptors (Lipinski definition) is 7. The highest BCUT2D eigenvalue weighted by atomic mass is 32.2. The van der Waals surface area contributed by atoms with Gasteiger partial charge in [-0.25, -0.2) is 4.68 Å². The van der Waals surface area contributed by atoms with Gasteiger partial charge in [-0.15, -0.1) is 21.5 Å². The standard InChI is InChI=1S/C21H28N6OS2/c1-4-21(2,3)13-7-8-14-15(10-22)19(30-16(14)9-13)24-17(28)11-29-20-26-25-18(27(20)23)12-5-6-12/h12-13H,4-9,11,23H2,1-3H3,(H,24,28). The van der Waals surface area contributed by atoms with Crippen LogP contribution in [0.3, 0.4) is 0 Å². The Kier molecular flexibility index (Phi) is 5.82. The summed E-state index contributed by atoms with van der Waals surface area (Å²) >= 11 is 2.83. The molecule has 0 aliphatic heterocycles. The van der Waals surface area contributed by atoms with Gasteiger partial charge >= 0.3 is 0 Å². The molecule has 1 unspecified atom stereocenters. The third-order valence-electron chi connectivity index (χ3n) is 6.61. The summed E-state index contributed by atoms with van der Waals surface area (Å²) in [5.74, 6) is 7.88. The molecule has 1 fully saturated rings.